The third kappa shape index (κ3) is 5.45. The SMILES string of the molecule is COCCn1ncc2c(SCC(=O)c3ccc(CN)s3)nc(C(F)(F)F)nc21.Cl. The van der Waals surface area contributed by atoms with E-state index in [1.54, 1.807) is 12.1 Å². The molecule has 3 aromatic heterocycles. The maximum atomic E-state index is 13.2. The Morgan fingerprint density at radius 3 is 2.72 bits per heavy atom. The summed E-state index contributed by atoms with van der Waals surface area (Å²) in [6, 6.07) is 3.42. The van der Waals surface area contributed by atoms with Crippen molar-refractivity contribution in [2.75, 3.05) is 19.5 Å². The zero-order valence-electron chi connectivity index (χ0n) is 15.1. The molecule has 0 saturated carbocycles. The molecule has 0 amide bonds. The van der Waals surface area contributed by atoms with Gasteiger partial charge in [0.05, 0.1) is 35.4 Å². The van der Waals surface area contributed by atoms with Crippen molar-refractivity contribution >= 4 is 52.3 Å². The van der Waals surface area contributed by atoms with Gasteiger partial charge >= 0.3 is 6.18 Å². The second-order valence-corrected chi connectivity index (χ2v) is 7.76. The van der Waals surface area contributed by atoms with Crippen molar-refractivity contribution in [3.05, 3.63) is 33.9 Å². The molecule has 0 radical (unpaired) electrons. The Balaban J connectivity index is 0.00000300. The number of carbonyl (C=O) groups is 1. The van der Waals surface area contributed by atoms with Crippen LogP contribution in [0, 0.1) is 0 Å². The number of aromatic nitrogens is 4. The van der Waals surface area contributed by atoms with Crippen LogP contribution in [-0.2, 0) is 24.0 Å². The van der Waals surface area contributed by atoms with Crippen LogP contribution >= 0.6 is 35.5 Å². The molecule has 7 nitrogen and oxygen atoms in total. The van der Waals surface area contributed by atoms with E-state index in [0.717, 1.165) is 16.6 Å². The molecule has 0 aliphatic carbocycles. The van der Waals surface area contributed by atoms with E-state index in [1.165, 1.54) is 29.3 Å². The zero-order valence-corrected chi connectivity index (χ0v) is 17.6. The van der Waals surface area contributed by atoms with Gasteiger partial charge in [-0.25, -0.2) is 14.6 Å². The van der Waals surface area contributed by atoms with Gasteiger partial charge in [0.25, 0.3) is 0 Å². The molecule has 0 fully saturated rings. The summed E-state index contributed by atoms with van der Waals surface area (Å²) >= 11 is 2.20. The number of rotatable bonds is 8. The molecular formula is C16H17ClF3N5O2S2. The second kappa shape index (κ2) is 9.85. The lowest BCUT2D eigenvalue weighted by molar-refractivity contribution is -0.145. The van der Waals surface area contributed by atoms with Crippen molar-refractivity contribution in [1.29, 1.82) is 0 Å². The lowest BCUT2D eigenvalue weighted by Gasteiger charge is -2.09. The van der Waals surface area contributed by atoms with Gasteiger partial charge in [0, 0.05) is 18.5 Å². The summed E-state index contributed by atoms with van der Waals surface area (Å²) in [7, 11) is 1.48. The van der Waals surface area contributed by atoms with Gasteiger partial charge in [-0.1, -0.05) is 11.8 Å². The number of thiophene rings is 1. The molecule has 2 N–H and O–H groups in total. The van der Waals surface area contributed by atoms with Crippen molar-refractivity contribution in [3.63, 3.8) is 0 Å². The molecule has 29 heavy (non-hydrogen) atoms. The predicted octanol–water partition coefficient (Wildman–Crippen LogP) is 3.41. The Hall–Kier alpha value is -1.73. The topological polar surface area (TPSA) is 95.9 Å². The van der Waals surface area contributed by atoms with Gasteiger partial charge in [0.1, 0.15) is 5.03 Å². The monoisotopic (exact) mass is 467 g/mol. The molecule has 0 spiro atoms. The van der Waals surface area contributed by atoms with Crippen LogP contribution < -0.4 is 5.73 Å². The number of fused-ring (bicyclic) bond motifs is 1. The van der Waals surface area contributed by atoms with Crippen LogP contribution in [0.4, 0.5) is 13.2 Å². The summed E-state index contributed by atoms with van der Waals surface area (Å²) in [6.07, 6.45) is -3.32. The molecule has 0 aliphatic heterocycles. The molecule has 0 atom stereocenters. The summed E-state index contributed by atoms with van der Waals surface area (Å²) in [4.78, 5) is 21.0. The highest BCUT2D eigenvalue weighted by molar-refractivity contribution is 8.00. The first-order valence-corrected chi connectivity index (χ1v) is 9.88. The van der Waals surface area contributed by atoms with Gasteiger partial charge in [-0.2, -0.15) is 18.3 Å². The molecule has 0 aromatic carbocycles. The van der Waals surface area contributed by atoms with E-state index >= 15 is 0 Å². The molecule has 158 valence electrons. The first-order valence-electron chi connectivity index (χ1n) is 8.08. The van der Waals surface area contributed by atoms with Gasteiger partial charge in [0.15, 0.2) is 11.4 Å². The smallest absolute Gasteiger partial charge is 0.383 e. The molecule has 0 bridgehead atoms. The van der Waals surface area contributed by atoms with Gasteiger partial charge in [-0.3, -0.25) is 4.79 Å². The van der Waals surface area contributed by atoms with Gasteiger partial charge in [-0.15, -0.1) is 23.7 Å². The number of nitrogens with zero attached hydrogens (tertiary/aromatic N) is 4. The minimum absolute atomic E-state index is 0. The highest BCUT2D eigenvalue weighted by Crippen LogP contribution is 2.32. The highest BCUT2D eigenvalue weighted by atomic mass is 35.5. The Kier molecular flexibility index (Phi) is 8.00. The van der Waals surface area contributed by atoms with Gasteiger partial charge < -0.3 is 10.5 Å². The van der Waals surface area contributed by atoms with Crippen LogP contribution in [0.1, 0.15) is 20.4 Å². The second-order valence-electron chi connectivity index (χ2n) is 5.63. The zero-order chi connectivity index (χ0) is 20.3. The fourth-order valence-corrected chi connectivity index (χ4v) is 4.14. The molecule has 0 saturated heterocycles. The van der Waals surface area contributed by atoms with Crippen LogP contribution in [0.5, 0.6) is 0 Å². The van der Waals surface area contributed by atoms with Crippen molar-refractivity contribution < 1.29 is 22.7 Å². The van der Waals surface area contributed by atoms with E-state index in [0.29, 0.717) is 16.8 Å². The van der Waals surface area contributed by atoms with Crippen molar-refractivity contribution in [2.45, 2.75) is 24.3 Å². The lowest BCUT2D eigenvalue weighted by atomic mass is 10.3. The molecule has 0 unspecified atom stereocenters. The van der Waals surface area contributed by atoms with E-state index in [9.17, 15) is 18.0 Å². The molecule has 3 rings (SSSR count). The Morgan fingerprint density at radius 2 is 2.10 bits per heavy atom. The quantitative estimate of drug-likeness (QED) is 0.308. The normalized spacial score (nSPS) is 11.6. The van der Waals surface area contributed by atoms with Gasteiger partial charge in [0.2, 0.25) is 5.82 Å². The van der Waals surface area contributed by atoms with Gasteiger partial charge in [-0.05, 0) is 12.1 Å². The lowest BCUT2D eigenvalue weighted by Crippen LogP contribution is -2.14. The van der Waals surface area contributed by atoms with Crippen LogP contribution in [0.3, 0.4) is 0 Å². The van der Waals surface area contributed by atoms with Crippen LogP contribution in [-0.4, -0.2) is 45.0 Å². The number of nitrogens with two attached hydrogens (primary N) is 1. The van der Waals surface area contributed by atoms with E-state index in [2.05, 4.69) is 15.1 Å². The summed E-state index contributed by atoms with van der Waals surface area (Å²) in [5.41, 5.74) is 5.59. The first kappa shape index (κ1) is 23.5. The summed E-state index contributed by atoms with van der Waals surface area (Å²) in [5, 5.41) is 4.49. The highest BCUT2D eigenvalue weighted by Gasteiger charge is 2.36. The number of hydrogen-bond acceptors (Lipinski definition) is 8. The van der Waals surface area contributed by atoms with Crippen LogP contribution in [0.15, 0.2) is 23.4 Å². The summed E-state index contributed by atoms with van der Waals surface area (Å²) in [6.45, 7) is 0.840. The predicted molar refractivity (Wildman–Crippen MR) is 107 cm³/mol. The number of carbonyl (C=O) groups excluding carboxylic acids is 1. The van der Waals surface area contributed by atoms with Crippen molar-refractivity contribution in [1.82, 2.24) is 19.7 Å². The minimum atomic E-state index is -4.71. The standard InChI is InChI=1S/C16H16F3N5O2S2.ClH/c1-26-5-4-24-13-10(7-21-24)14(23-15(22-13)16(17,18)19)27-8-11(25)12-3-2-9(6-20)28-12;/h2-3,7H,4-6,8,20H2,1H3;1H. The Bertz CT molecular complexity index is 993. The number of ether oxygens (including phenoxy) is 1. The molecule has 3 aromatic rings. The fourth-order valence-electron chi connectivity index (χ4n) is 2.35. The van der Waals surface area contributed by atoms with E-state index in [4.69, 9.17) is 10.5 Å². The molecule has 13 heteroatoms. The number of alkyl halides is 3. The number of hydrogen-bond donors (Lipinski definition) is 1. The molecule has 0 aliphatic rings. The largest absolute Gasteiger partial charge is 0.451 e. The fraction of sp³-hybridized carbons (Fsp3) is 0.375. The first-order chi connectivity index (χ1) is 13.3. The average molecular weight is 468 g/mol. The average Bonchev–Trinajstić information content (AvgIpc) is 3.30. The van der Waals surface area contributed by atoms with E-state index < -0.39 is 12.0 Å². The number of ketones is 1. The summed E-state index contributed by atoms with van der Waals surface area (Å²) < 4.78 is 46.0. The number of Topliss-reactive ketones (excluding diaryl/α,β-unsaturated/α-hetero) is 1. The Morgan fingerprint density at radius 1 is 1.34 bits per heavy atom. The van der Waals surface area contributed by atoms with Crippen LogP contribution in [0.2, 0.25) is 0 Å². The van der Waals surface area contributed by atoms with E-state index in [-0.39, 0.29) is 47.8 Å². The third-order valence-corrected chi connectivity index (χ3v) is 5.84. The number of methoxy groups -OCH3 is 1. The van der Waals surface area contributed by atoms with Crippen molar-refractivity contribution in [2.24, 2.45) is 5.73 Å². The number of thioether (sulfide) groups is 1. The maximum Gasteiger partial charge on any atom is 0.451 e. The molecular weight excluding hydrogens is 451 g/mol. The van der Waals surface area contributed by atoms with E-state index in [1.807, 2.05) is 0 Å². The third-order valence-electron chi connectivity index (χ3n) is 3.70. The van der Waals surface area contributed by atoms with Crippen LogP contribution in [0.25, 0.3) is 11.0 Å². The summed E-state index contributed by atoms with van der Waals surface area (Å²) in [5.74, 6) is -1.53. The van der Waals surface area contributed by atoms with Crippen molar-refractivity contribution in [3.8, 4) is 0 Å². The Labute approximate surface area is 178 Å². The molecule has 3 heterocycles. The minimum Gasteiger partial charge on any atom is -0.383 e. The maximum absolute atomic E-state index is 13.2. The number of halogens is 4.